The van der Waals surface area contributed by atoms with Gasteiger partial charge in [0.25, 0.3) is 5.91 Å². The second kappa shape index (κ2) is 8.10. The minimum Gasteiger partial charge on any atom is -0.393 e. The molecule has 0 bridgehead atoms. The largest absolute Gasteiger partial charge is 0.393 e. The first-order valence-electron chi connectivity index (χ1n) is 8.98. The standard InChI is InChI=1S/C19H28N2O3/c1-15(22)17-7-9-21(10-8-17)19(23)18-14-20(11-12-24-18)13-16-5-3-2-4-6-16/h2-6,15,17-18,22H,7-14H2,1H3/t15-,18-/m1/s1. The minimum absolute atomic E-state index is 0.108. The first-order chi connectivity index (χ1) is 11.6. The van der Waals surface area contributed by atoms with E-state index in [9.17, 15) is 9.90 Å². The van der Waals surface area contributed by atoms with Crippen molar-refractivity contribution in [3.63, 3.8) is 0 Å². The molecule has 1 N–H and O–H groups in total. The molecule has 1 amide bonds. The fourth-order valence-corrected chi connectivity index (χ4v) is 3.64. The summed E-state index contributed by atoms with van der Waals surface area (Å²) in [4.78, 5) is 16.9. The lowest BCUT2D eigenvalue weighted by atomic mass is 9.92. The summed E-state index contributed by atoms with van der Waals surface area (Å²) in [6.07, 6.45) is 1.12. The predicted molar refractivity (Wildman–Crippen MR) is 92.4 cm³/mol. The molecule has 0 spiro atoms. The molecule has 3 rings (SSSR count). The topological polar surface area (TPSA) is 53.0 Å². The molecule has 2 aliphatic rings. The lowest BCUT2D eigenvalue weighted by Crippen LogP contribution is -2.52. The van der Waals surface area contributed by atoms with E-state index in [4.69, 9.17) is 4.74 Å². The predicted octanol–water partition coefficient (Wildman–Crippen LogP) is 1.51. The van der Waals surface area contributed by atoms with Gasteiger partial charge in [-0.25, -0.2) is 0 Å². The average Bonchev–Trinajstić information content (AvgIpc) is 2.62. The normalized spacial score (nSPS) is 24.8. The van der Waals surface area contributed by atoms with Crippen LogP contribution in [0.15, 0.2) is 30.3 Å². The maximum absolute atomic E-state index is 12.7. The summed E-state index contributed by atoms with van der Waals surface area (Å²) in [5.74, 6) is 0.424. The van der Waals surface area contributed by atoms with Crippen LogP contribution in [0.4, 0.5) is 0 Å². The Morgan fingerprint density at radius 1 is 1.25 bits per heavy atom. The molecule has 5 heteroatoms. The zero-order valence-corrected chi connectivity index (χ0v) is 14.4. The number of aliphatic hydroxyl groups is 1. The van der Waals surface area contributed by atoms with Gasteiger partial charge in [0.15, 0.2) is 0 Å². The number of piperidine rings is 1. The van der Waals surface area contributed by atoms with Crippen LogP contribution < -0.4 is 0 Å². The molecule has 0 aromatic heterocycles. The lowest BCUT2D eigenvalue weighted by Gasteiger charge is -2.38. The van der Waals surface area contributed by atoms with Crippen molar-refractivity contribution in [2.24, 2.45) is 5.92 Å². The SMILES string of the molecule is C[C@@H](O)C1CCN(C(=O)[C@H]2CN(Cc3ccccc3)CCO2)CC1. The molecule has 1 aromatic rings. The highest BCUT2D eigenvalue weighted by molar-refractivity contribution is 5.81. The van der Waals surface area contributed by atoms with E-state index in [2.05, 4.69) is 17.0 Å². The van der Waals surface area contributed by atoms with E-state index >= 15 is 0 Å². The first kappa shape index (κ1) is 17.4. The van der Waals surface area contributed by atoms with Crippen molar-refractivity contribution in [1.82, 2.24) is 9.80 Å². The van der Waals surface area contributed by atoms with E-state index in [1.54, 1.807) is 0 Å². The van der Waals surface area contributed by atoms with E-state index in [0.717, 1.165) is 39.0 Å². The van der Waals surface area contributed by atoms with E-state index in [0.29, 0.717) is 19.1 Å². The number of aliphatic hydroxyl groups excluding tert-OH is 1. The van der Waals surface area contributed by atoms with Gasteiger partial charge in [-0.2, -0.15) is 0 Å². The second-order valence-electron chi connectivity index (χ2n) is 6.98. The zero-order valence-electron chi connectivity index (χ0n) is 14.4. The summed E-state index contributed by atoms with van der Waals surface area (Å²) < 4.78 is 5.75. The first-order valence-corrected chi connectivity index (χ1v) is 8.98. The average molecular weight is 332 g/mol. The van der Waals surface area contributed by atoms with Gasteiger partial charge in [-0.3, -0.25) is 9.69 Å². The van der Waals surface area contributed by atoms with Crippen molar-refractivity contribution in [2.75, 3.05) is 32.8 Å². The van der Waals surface area contributed by atoms with Crippen molar-refractivity contribution in [3.8, 4) is 0 Å². The Labute approximate surface area is 144 Å². The van der Waals surface area contributed by atoms with Gasteiger partial charge >= 0.3 is 0 Å². The van der Waals surface area contributed by atoms with Gasteiger partial charge in [-0.1, -0.05) is 30.3 Å². The number of hydrogen-bond acceptors (Lipinski definition) is 4. The van der Waals surface area contributed by atoms with Crippen molar-refractivity contribution in [3.05, 3.63) is 35.9 Å². The fraction of sp³-hybridized carbons (Fsp3) is 0.632. The fourth-order valence-electron chi connectivity index (χ4n) is 3.64. The van der Waals surface area contributed by atoms with Crippen LogP contribution in [-0.2, 0) is 16.1 Å². The van der Waals surface area contributed by atoms with Crippen LogP contribution in [0.2, 0.25) is 0 Å². The van der Waals surface area contributed by atoms with E-state index < -0.39 is 0 Å². The van der Waals surface area contributed by atoms with Gasteiger partial charge < -0.3 is 14.7 Å². The molecule has 2 atom stereocenters. The van der Waals surface area contributed by atoms with Gasteiger partial charge in [0.2, 0.25) is 0 Å². The molecule has 132 valence electrons. The molecule has 0 unspecified atom stereocenters. The number of benzene rings is 1. The van der Waals surface area contributed by atoms with E-state index in [1.165, 1.54) is 5.56 Å². The summed E-state index contributed by atoms with van der Waals surface area (Å²) >= 11 is 0. The number of carbonyl (C=O) groups is 1. The van der Waals surface area contributed by atoms with Gasteiger partial charge in [-0.05, 0) is 31.2 Å². The number of carbonyl (C=O) groups excluding carboxylic acids is 1. The van der Waals surface area contributed by atoms with Crippen LogP contribution in [0, 0.1) is 5.92 Å². The Hall–Kier alpha value is -1.43. The van der Waals surface area contributed by atoms with Crippen LogP contribution >= 0.6 is 0 Å². The molecule has 2 fully saturated rings. The molecule has 0 saturated carbocycles. The molecule has 24 heavy (non-hydrogen) atoms. The maximum atomic E-state index is 12.7. The highest BCUT2D eigenvalue weighted by Gasteiger charge is 2.33. The second-order valence-corrected chi connectivity index (χ2v) is 6.98. The van der Waals surface area contributed by atoms with Crippen molar-refractivity contribution in [1.29, 1.82) is 0 Å². The van der Waals surface area contributed by atoms with Crippen molar-refractivity contribution in [2.45, 2.75) is 38.5 Å². The van der Waals surface area contributed by atoms with Gasteiger partial charge in [0, 0.05) is 32.7 Å². The van der Waals surface area contributed by atoms with E-state index in [1.807, 2.05) is 30.0 Å². The third kappa shape index (κ3) is 4.35. The molecule has 0 aliphatic carbocycles. The van der Waals surface area contributed by atoms with Crippen molar-refractivity contribution < 1.29 is 14.6 Å². The number of amides is 1. The van der Waals surface area contributed by atoms with Crippen LogP contribution in [0.25, 0.3) is 0 Å². The number of rotatable bonds is 4. The monoisotopic (exact) mass is 332 g/mol. The summed E-state index contributed by atoms with van der Waals surface area (Å²) in [7, 11) is 0. The summed E-state index contributed by atoms with van der Waals surface area (Å²) in [5.41, 5.74) is 1.27. The molecule has 1 aromatic carbocycles. The van der Waals surface area contributed by atoms with Crippen LogP contribution in [0.1, 0.15) is 25.3 Å². The maximum Gasteiger partial charge on any atom is 0.253 e. The van der Waals surface area contributed by atoms with Crippen LogP contribution in [0.3, 0.4) is 0 Å². The summed E-state index contributed by atoms with van der Waals surface area (Å²) in [6, 6.07) is 10.3. The van der Waals surface area contributed by atoms with Crippen LogP contribution in [-0.4, -0.2) is 65.8 Å². The Morgan fingerprint density at radius 3 is 2.62 bits per heavy atom. The third-order valence-corrected chi connectivity index (χ3v) is 5.21. The molecule has 2 aliphatic heterocycles. The number of morpholine rings is 1. The zero-order chi connectivity index (χ0) is 16.9. The molecule has 0 radical (unpaired) electrons. The summed E-state index contributed by atoms with van der Waals surface area (Å²) in [5, 5.41) is 9.69. The van der Waals surface area contributed by atoms with Gasteiger partial charge in [0.1, 0.15) is 6.10 Å². The Morgan fingerprint density at radius 2 is 1.96 bits per heavy atom. The minimum atomic E-state index is -0.356. The summed E-state index contributed by atoms with van der Waals surface area (Å²) in [6.45, 7) is 6.28. The third-order valence-electron chi connectivity index (χ3n) is 5.21. The molecule has 5 nitrogen and oxygen atoms in total. The Kier molecular flexibility index (Phi) is 5.87. The Balaban J connectivity index is 1.52. The lowest BCUT2D eigenvalue weighted by molar-refractivity contribution is -0.151. The van der Waals surface area contributed by atoms with Gasteiger partial charge in [0.05, 0.1) is 12.7 Å². The molecular formula is C19H28N2O3. The highest BCUT2D eigenvalue weighted by atomic mass is 16.5. The molecular weight excluding hydrogens is 304 g/mol. The number of ether oxygens (including phenoxy) is 1. The number of nitrogens with zero attached hydrogens (tertiary/aromatic N) is 2. The molecule has 2 saturated heterocycles. The highest BCUT2D eigenvalue weighted by Crippen LogP contribution is 2.22. The Bertz CT molecular complexity index is 527. The number of hydrogen-bond donors (Lipinski definition) is 1. The quantitative estimate of drug-likeness (QED) is 0.908. The van der Waals surface area contributed by atoms with E-state index in [-0.39, 0.29) is 18.1 Å². The molecule has 2 heterocycles. The van der Waals surface area contributed by atoms with Crippen molar-refractivity contribution >= 4 is 5.91 Å². The smallest absolute Gasteiger partial charge is 0.253 e. The van der Waals surface area contributed by atoms with Crippen LogP contribution in [0.5, 0.6) is 0 Å². The number of likely N-dealkylation sites (tertiary alicyclic amines) is 1. The van der Waals surface area contributed by atoms with Gasteiger partial charge in [-0.15, -0.1) is 0 Å².